The Bertz CT molecular complexity index is 626. The molecule has 0 heterocycles. The molecule has 0 saturated heterocycles. The van der Waals surface area contributed by atoms with E-state index in [0.29, 0.717) is 12.5 Å². The molecule has 2 rings (SSSR count). The van der Waals surface area contributed by atoms with Gasteiger partial charge in [0.15, 0.2) is 0 Å². The number of carbonyl (C=O) groups is 1. The molecule has 0 aliphatic carbocycles. The van der Waals surface area contributed by atoms with Crippen molar-refractivity contribution in [3.05, 3.63) is 54.6 Å². The van der Waals surface area contributed by atoms with Crippen LogP contribution in [0.25, 0.3) is 0 Å². The zero-order valence-electron chi connectivity index (χ0n) is 14.0. The average Bonchev–Trinajstić information content (AvgIpc) is 2.58. The number of likely N-dealkylation sites (N-methyl/N-ethyl adjacent to an activating group) is 1. The molecule has 1 N–H and O–H groups in total. The maximum atomic E-state index is 12.2. The normalized spacial score (nSPS) is 10.4. The van der Waals surface area contributed by atoms with Crippen LogP contribution in [0, 0.1) is 5.92 Å². The first-order valence-electron chi connectivity index (χ1n) is 7.84. The minimum absolute atomic E-state index is 0.00435. The lowest BCUT2D eigenvalue weighted by molar-refractivity contribution is -0.116. The largest absolute Gasteiger partial charge is 0.493 e. The first-order valence-corrected chi connectivity index (χ1v) is 7.84. The molecule has 0 atom stereocenters. The number of anilines is 2. The number of hydrogen-bond acceptors (Lipinski definition) is 3. The number of nitrogens with zero attached hydrogens (tertiary/aromatic N) is 1. The van der Waals surface area contributed by atoms with Crippen molar-refractivity contribution in [1.29, 1.82) is 0 Å². The number of benzene rings is 2. The number of hydrogen-bond donors (Lipinski definition) is 1. The summed E-state index contributed by atoms with van der Waals surface area (Å²) < 4.78 is 5.70. The van der Waals surface area contributed by atoms with Gasteiger partial charge < -0.3 is 15.0 Å². The number of rotatable bonds is 7. The summed E-state index contributed by atoms with van der Waals surface area (Å²) in [5.41, 5.74) is 1.76. The lowest BCUT2D eigenvalue weighted by Gasteiger charge is -2.18. The molecule has 0 radical (unpaired) electrons. The van der Waals surface area contributed by atoms with Gasteiger partial charge in [0.2, 0.25) is 5.91 Å². The Morgan fingerprint density at radius 1 is 1.13 bits per heavy atom. The van der Waals surface area contributed by atoms with Crippen molar-refractivity contribution in [3.8, 4) is 5.75 Å². The lowest BCUT2D eigenvalue weighted by Crippen LogP contribution is -2.32. The van der Waals surface area contributed by atoms with Gasteiger partial charge in [0.05, 0.1) is 13.2 Å². The van der Waals surface area contributed by atoms with E-state index in [9.17, 15) is 4.79 Å². The molecule has 0 aliphatic heterocycles. The van der Waals surface area contributed by atoms with Crippen molar-refractivity contribution in [2.45, 2.75) is 13.8 Å². The van der Waals surface area contributed by atoms with Gasteiger partial charge in [-0.1, -0.05) is 38.1 Å². The Hall–Kier alpha value is -2.49. The van der Waals surface area contributed by atoms with Crippen LogP contribution in [0.15, 0.2) is 54.6 Å². The molecule has 0 fully saturated rings. The highest BCUT2D eigenvalue weighted by Gasteiger charge is 2.10. The fourth-order valence-corrected chi connectivity index (χ4v) is 2.05. The molecule has 0 spiro atoms. The number of amides is 1. The predicted molar refractivity (Wildman–Crippen MR) is 95.1 cm³/mol. The van der Waals surface area contributed by atoms with E-state index in [-0.39, 0.29) is 12.5 Å². The first kappa shape index (κ1) is 16.9. The second-order valence-electron chi connectivity index (χ2n) is 5.87. The summed E-state index contributed by atoms with van der Waals surface area (Å²) in [5.74, 6) is 1.30. The zero-order valence-corrected chi connectivity index (χ0v) is 14.0. The molecular weight excluding hydrogens is 288 g/mol. The SMILES string of the molecule is CC(C)COc1cccc(NCC(=O)N(C)c2ccccc2)c1. The van der Waals surface area contributed by atoms with E-state index in [1.807, 2.05) is 54.6 Å². The molecule has 4 heteroatoms. The Morgan fingerprint density at radius 3 is 2.57 bits per heavy atom. The highest BCUT2D eigenvalue weighted by Crippen LogP contribution is 2.18. The molecule has 122 valence electrons. The summed E-state index contributed by atoms with van der Waals surface area (Å²) in [6.45, 7) is 5.14. The minimum atomic E-state index is 0.00435. The standard InChI is InChI=1S/C19H24N2O2/c1-15(2)14-23-18-11-7-8-16(12-18)20-13-19(22)21(3)17-9-5-4-6-10-17/h4-12,15,20H,13-14H2,1-3H3. The second kappa shape index (κ2) is 8.22. The maximum absolute atomic E-state index is 12.2. The third kappa shape index (κ3) is 5.33. The van der Waals surface area contributed by atoms with Gasteiger partial charge in [0.25, 0.3) is 0 Å². The molecule has 4 nitrogen and oxygen atoms in total. The van der Waals surface area contributed by atoms with Gasteiger partial charge >= 0.3 is 0 Å². The third-order valence-electron chi connectivity index (χ3n) is 3.38. The van der Waals surface area contributed by atoms with Crippen molar-refractivity contribution in [2.24, 2.45) is 5.92 Å². The lowest BCUT2D eigenvalue weighted by atomic mass is 10.2. The molecule has 0 unspecified atom stereocenters. The highest BCUT2D eigenvalue weighted by molar-refractivity contribution is 5.95. The van der Waals surface area contributed by atoms with E-state index in [0.717, 1.165) is 17.1 Å². The zero-order chi connectivity index (χ0) is 16.7. The molecule has 2 aromatic rings. The van der Waals surface area contributed by atoms with E-state index >= 15 is 0 Å². The molecule has 0 saturated carbocycles. The Labute approximate surface area is 138 Å². The average molecular weight is 312 g/mol. The smallest absolute Gasteiger partial charge is 0.246 e. The van der Waals surface area contributed by atoms with Gasteiger partial charge in [-0.2, -0.15) is 0 Å². The quantitative estimate of drug-likeness (QED) is 0.845. The van der Waals surface area contributed by atoms with Crippen LogP contribution in [-0.4, -0.2) is 26.1 Å². The van der Waals surface area contributed by atoms with Crippen molar-refractivity contribution in [2.75, 3.05) is 30.4 Å². The second-order valence-corrected chi connectivity index (χ2v) is 5.87. The monoisotopic (exact) mass is 312 g/mol. The Balaban J connectivity index is 1.90. The number of ether oxygens (including phenoxy) is 1. The summed E-state index contributed by atoms with van der Waals surface area (Å²) in [5, 5.41) is 3.15. The molecule has 0 aromatic heterocycles. The summed E-state index contributed by atoms with van der Waals surface area (Å²) >= 11 is 0. The molecule has 0 aliphatic rings. The van der Waals surface area contributed by atoms with Gasteiger partial charge in [0.1, 0.15) is 5.75 Å². The summed E-state index contributed by atoms with van der Waals surface area (Å²) in [6, 6.07) is 17.3. The fourth-order valence-electron chi connectivity index (χ4n) is 2.05. The Kier molecular flexibility index (Phi) is 6.03. The van der Waals surface area contributed by atoms with Crippen LogP contribution in [0.5, 0.6) is 5.75 Å². The van der Waals surface area contributed by atoms with Crippen molar-refractivity contribution in [1.82, 2.24) is 0 Å². The number of carbonyl (C=O) groups excluding carboxylic acids is 1. The van der Waals surface area contributed by atoms with Crippen LogP contribution in [0.2, 0.25) is 0 Å². The van der Waals surface area contributed by atoms with Crippen LogP contribution < -0.4 is 15.0 Å². The van der Waals surface area contributed by atoms with Crippen molar-refractivity contribution >= 4 is 17.3 Å². The van der Waals surface area contributed by atoms with Crippen molar-refractivity contribution in [3.63, 3.8) is 0 Å². The topological polar surface area (TPSA) is 41.6 Å². The summed E-state index contributed by atoms with van der Waals surface area (Å²) in [6.07, 6.45) is 0. The van der Waals surface area contributed by atoms with Gasteiger partial charge in [0, 0.05) is 24.5 Å². The first-order chi connectivity index (χ1) is 11.1. The molecule has 1 amide bonds. The Morgan fingerprint density at radius 2 is 1.87 bits per heavy atom. The molecule has 2 aromatic carbocycles. The van der Waals surface area contributed by atoms with Gasteiger partial charge in [-0.3, -0.25) is 4.79 Å². The van der Waals surface area contributed by atoms with Gasteiger partial charge in [-0.15, -0.1) is 0 Å². The summed E-state index contributed by atoms with van der Waals surface area (Å²) in [4.78, 5) is 13.9. The molecule has 23 heavy (non-hydrogen) atoms. The van der Waals surface area contributed by atoms with E-state index in [1.165, 1.54) is 0 Å². The molecule has 0 bridgehead atoms. The van der Waals surface area contributed by atoms with Crippen LogP contribution in [0.3, 0.4) is 0 Å². The summed E-state index contributed by atoms with van der Waals surface area (Å²) in [7, 11) is 1.78. The van der Waals surface area contributed by atoms with Crippen LogP contribution >= 0.6 is 0 Å². The molecular formula is C19H24N2O2. The minimum Gasteiger partial charge on any atom is -0.493 e. The number of nitrogens with one attached hydrogen (secondary N) is 1. The van der Waals surface area contributed by atoms with Gasteiger partial charge in [-0.05, 0) is 30.2 Å². The number of para-hydroxylation sites is 1. The van der Waals surface area contributed by atoms with E-state index in [2.05, 4.69) is 19.2 Å². The fraction of sp³-hybridized carbons (Fsp3) is 0.316. The van der Waals surface area contributed by atoms with Gasteiger partial charge in [-0.25, -0.2) is 0 Å². The third-order valence-corrected chi connectivity index (χ3v) is 3.38. The van der Waals surface area contributed by atoms with E-state index in [4.69, 9.17) is 4.74 Å². The highest BCUT2D eigenvalue weighted by atomic mass is 16.5. The van der Waals surface area contributed by atoms with Crippen LogP contribution in [0.4, 0.5) is 11.4 Å². The van der Waals surface area contributed by atoms with E-state index in [1.54, 1.807) is 11.9 Å². The van der Waals surface area contributed by atoms with E-state index < -0.39 is 0 Å². The van der Waals surface area contributed by atoms with Crippen LogP contribution in [-0.2, 0) is 4.79 Å². The van der Waals surface area contributed by atoms with Crippen LogP contribution in [0.1, 0.15) is 13.8 Å². The predicted octanol–water partition coefficient (Wildman–Crippen LogP) is 3.80. The van der Waals surface area contributed by atoms with Crippen molar-refractivity contribution < 1.29 is 9.53 Å². The maximum Gasteiger partial charge on any atom is 0.246 e.